The van der Waals surface area contributed by atoms with Crippen molar-refractivity contribution in [1.29, 1.82) is 0 Å². The molecule has 0 aromatic carbocycles. The molecule has 26 heavy (non-hydrogen) atoms. The molecule has 0 radical (unpaired) electrons. The first-order valence-corrected chi connectivity index (χ1v) is 9.96. The quantitative estimate of drug-likeness (QED) is 0.295. The second-order valence-electron chi connectivity index (χ2n) is 6.96. The largest absolute Gasteiger partial charge is 0.469 e. The van der Waals surface area contributed by atoms with Gasteiger partial charge in [-0.25, -0.2) is 0 Å². The first-order valence-electron chi connectivity index (χ1n) is 9.96. The number of carbonyl (C=O) groups is 1. The van der Waals surface area contributed by atoms with Crippen molar-refractivity contribution in [2.24, 2.45) is 0 Å². The Morgan fingerprint density at radius 2 is 2.00 bits per heavy atom. The van der Waals surface area contributed by atoms with Crippen molar-refractivity contribution in [2.75, 3.05) is 7.11 Å². The van der Waals surface area contributed by atoms with E-state index in [0.717, 1.165) is 12.8 Å². The van der Waals surface area contributed by atoms with Gasteiger partial charge in [-0.15, -0.1) is 0 Å². The van der Waals surface area contributed by atoms with Crippen molar-refractivity contribution in [1.82, 2.24) is 0 Å². The Balaban J connectivity index is 2.20. The van der Waals surface area contributed by atoms with Gasteiger partial charge in [-0.3, -0.25) is 4.79 Å². The monoisotopic (exact) mass is 368 g/mol. The van der Waals surface area contributed by atoms with Crippen LogP contribution in [0.4, 0.5) is 0 Å². The van der Waals surface area contributed by atoms with Crippen LogP contribution in [-0.4, -0.2) is 47.7 Å². The second-order valence-corrected chi connectivity index (χ2v) is 6.96. The van der Waals surface area contributed by atoms with Gasteiger partial charge in [0.15, 0.2) is 0 Å². The van der Waals surface area contributed by atoms with Crippen molar-refractivity contribution in [2.45, 2.75) is 95.5 Å². The maximum absolute atomic E-state index is 11.1. The molecule has 0 aromatic rings. The molecule has 0 bridgehead atoms. The van der Waals surface area contributed by atoms with E-state index < -0.39 is 12.2 Å². The lowest BCUT2D eigenvalue weighted by molar-refractivity contribution is -0.140. The molecule has 0 aliphatic carbocycles. The summed E-state index contributed by atoms with van der Waals surface area (Å²) in [7, 11) is 1.36. The van der Waals surface area contributed by atoms with E-state index in [-0.39, 0.29) is 18.2 Å². The number of unbranched alkanes of at least 4 members (excludes halogenated alkanes) is 3. The van der Waals surface area contributed by atoms with E-state index in [2.05, 4.69) is 29.9 Å². The molecule has 0 aromatic heterocycles. The fourth-order valence-electron chi connectivity index (χ4n) is 3.10. The smallest absolute Gasteiger partial charge is 0.305 e. The fraction of sp³-hybridized carbons (Fsp3) is 0.762. The summed E-state index contributed by atoms with van der Waals surface area (Å²) in [6.45, 7) is 2.21. The second kappa shape index (κ2) is 14.0. The highest BCUT2D eigenvalue weighted by molar-refractivity contribution is 5.68. The van der Waals surface area contributed by atoms with Crippen molar-refractivity contribution >= 4 is 5.97 Å². The lowest BCUT2D eigenvalue weighted by atomic mass is 10.0. The highest BCUT2D eigenvalue weighted by Crippen LogP contribution is 2.27. The lowest BCUT2D eigenvalue weighted by Gasteiger charge is -2.18. The van der Waals surface area contributed by atoms with Crippen LogP contribution in [0.1, 0.15) is 71.1 Å². The van der Waals surface area contributed by atoms with E-state index in [1.54, 1.807) is 0 Å². The van der Waals surface area contributed by atoms with Gasteiger partial charge in [0.05, 0.1) is 31.5 Å². The van der Waals surface area contributed by atoms with E-state index in [1.807, 2.05) is 6.08 Å². The van der Waals surface area contributed by atoms with Gasteiger partial charge in [0.1, 0.15) is 0 Å². The molecule has 1 heterocycles. The van der Waals surface area contributed by atoms with Crippen LogP contribution in [0.3, 0.4) is 0 Å². The molecule has 1 saturated heterocycles. The molecule has 1 fully saturated rings. The van der Waals surface area contributed by atoms with Crippen LogP contribution in [-0.2, 0) is 14.3 Å². The normalized spacial score (nSPS) is 24.5. The highest BCUT2D eigenvalue weighted by atomic mass is 16.5. The van der Waals surface area contributed by atoms with Gasteiger partial charge in [-0.1, -0.05) is 44.1 Å². The van der Waals surface area contributed by atoms with Crippen LogP contribution >= 0.6 is 0 Å². The summed E-state index contributed by atoms with van der Waals surface area (Å²) in [5.41, 5.74) is 0. The summed E-state index contributed by atoms with van der Waals surface area (Å²) in [5.74, 6) is -0.271. The first-order chi connectivity index (χ1) is 12.6. The maximum atomic E-state index is 11.1. The third-order valence-electron chi connectivity index (χ3n) is 4.74. The van der Waals surface area contributed by atoms with Gasteiger partial charge < -0.3 is 19.7 Å². The van der Waals surface area contributed by atoms with Crippen molar-refractivity contribution in [3.05, 3.63) is 24.3 Å². The minimum atomic E-state index is -0.658. The molecule has 150 valence electrons. The van der Waals surface area contributed by atoms with Crippen molar-refractivity contribution < 1.29 is 24.5 Å². The number of rotatable bonds is 13. The lowest BCUT2D eigenvalue weighted by Crippen LogP contribution is -2.26. The highest BCUT2D eigenvalue weighted by Gasteiger charge is 2.36. The zero-order valence-electron chi connectivity index (χ0n) is 16.3. The Bertz CT molecular complexity index is 432. The number of carbonyl (C=O) groups excluding carboxylic acids is 1. The fourth-order valence-corrected chi connectivity index (χ4v) is 3.10. The Morgan fingerprint density at radius 1 is 1.23 bits per heavy atom. The average Bonchev–Trinajstić information content (AvgIpc) is 3.01. The van der Waals surface area contributed by atoms with Gasteiger partial charge in [-0.2, -0.15) is 0 Å². The number of hydrogen-bond acceptors (Lipinski definition) is 5. The summed E-state index contributed by atoms with van der Waals surface area (Å²) < 4.78 is 10.4. The van der Waals surface area contributed by atoms with Crippen LogP contribution in [0, 0.1) is 0 Å². The van der Waals surface area contributed by atoms with Gasteiger partial charge in [0, 0.05) is 12.8 Å². The Labute approximate surface area is 158 Å². The first kappa shape index (κ1) is 22.9. The molecular formula is C21H36O5. The molecule has 5 nitrogen and oxygen atoms in total. The molecule has 1 rings (SSSR count). The Hall–Kier alpha value is -1.17. The third-order valence-corrected chi connectivity index (χ3v) is 4.74. The molecule has 4 atom stereocenters. The van der Waals surface area contributed by atoms with Gasteiger partial charge in [-0.05, 0) is 38.5 Å². The standard InChI is InChI=1S/C21H36O5/c1-3-4-5-6-7-8-9-10-11-14-19-18(23)16-20(26-19)17(22)13-12-15-21(24)25-2/h7-8,10-11,17-20,22-23H,3-6,9,12-16H2,1-2H3/b8-7-,11-10-/t17?,18-,19?,20-/m1/s1. The predicted octanol–water partition coefficient (Wildman–Crippen LogP) is 3.68. The van der Waals surface area contributed by atoms with Crippen LogP contribution in [0.5, 0.6) is 0 Å². The summed E-state index contributed by atoms with van der Waals surface area (Å²) in [6, 6.07) is 0. The molecule has 0 saturated carbocycles. The number of aliphatic hydroxyl groups excluding tert-OH is 2. The van der Waals surface area contributed by atoms with Crippen LogP contribution < -0.4 is 0 Å². The molecule has 5 heteroatoms. The number of methoxy groups -OCH3 is 1. The number of ether oxygens (including phenoxy) is 2. The van der Waals surface area contributed by atoms with E-state index in [4.69, 9.17) is 4.74 Å². The number of hydrogen-bond donors (Lipinski definition) is 2. The van der Waals surface area contributed by atoms with Gasteiger partial charge in [0.25, 0.3) is 0 Å². The Morgan fingerprint density at radius 3 is 2.73 bits per heavy atom. The maximum Gasteiger partial charge on any atom is 0.305 e. The molecule has 1 aliphatic heterocycles. The summed E-state index contributed by atoms with van der Waals surface area (Å²) in [5, 5.41) is 20.3. The molecule has 1 aliphatic rings. The Kier molecular flexibility index (Phi) is 12.3. The molecular weight excluding hydrogens is 332 g/mol. The topological polar surface area (TPSA) is 76.0 Å². The predicted molar refractivity (Wildman–Crippen MR) is 103 cm³/mol. The van der Waals surface area contributed by atoms with Crippen LogP contribution in [0.2, 0.25) is 0 Å². The van der Waals surface area contributed by atoms with Crippen LogP contribution in [0.15, 0.2) is 24.3 Å². The molecule has 0 spiro atoms. The van der Waals surface area contributed by atoms with Crippen LogP contribution in [0.25, 0.3) is 0 Å². The third kappa shape index (κ3) is 9.51. The minimum absolute atomic E-state index is 0.264. The number of aliphatic hydroxyl groups is 2. The van der Waals surface area contributed by atoms with E-state index in [9.17, 15) is 15.0 Å². The molecule has 2 unspecified atom stereocenters. The summed E-state index contributed by atoms with van der Waals surface area (Å²) >= 11 is 0. The molecule has 2 N–H and O–H groups in total. The summed E-state index contributed by atoms with van der Waals surface area (Å²) in [6.07, 6.45) is 14.9. The van der Waals surface area contributed by atoms with E-state index in [1.165, 1.54) is 26.4 Å². The SMILES string of the molecule is CCCCC/C=C\C/C=C\CC1O[C@@H](C(O)CCCC(=O)OC)C[C@H]1O. The average molecular weight is 369 g/mol. The minimum Gasteiger partial charge on any atom is -0.469 e. The van der Waals surface area contributed by atoms with Gasteiger partial charge in [0.2, 0.25) is 0 Å². The van der Waals surface area contributed by atoms with E-state index >= 15 is 0 Å². The zero-order chi connectivity index (χ0) is 19.2. The van der Waals surface area contributed by atoms with Gasteiger partial charge >= 0.3 is 5.97 Å². The van der Waals surface area contributed by atoms with E-state index in [0.29, 0.717) is 32.1 Å². The van der Waals surface area contributed by atoms with Crippen molar-refractivity contribution in [3.8, 4) is 0 Å². The number of allylic oxidation sites excluding steroid dienone is 3. The molecule has 0 amide bonds. The number of esters is 1. The van der Waals surface area contributed by atoms with Crippen molar-refractivity contribution in [3.63, 3.8) is 0 Å². The summed E-state index contributed by atoms with van der Waals surface area (Å²) in [4.78, 5) is 11.1. The zero-order valence-corrected chi connectivity index (χ0v) is 16.3.